The summed E-state index contributed by atoms with van der Waals surface area (Å²) in [5.74, 6) is 1.75. The maximum Gasteiger partial charge on any atom is 0.00440 e. The van der Waals surface area contributed by atoms with Gasteiger partial charge < -0.3 is 5.73 Å². The zero-order chi connectivity index (χ0) is 11.1. The minimum Gasteiger partial charge on any atom is -0.328 e. The Morgan fingerprint density at radius 2 is 1.73 bits per heavy atom. The highest BCUT2D eigenvalue weighted by Gasteiger charge is 2.16. The minimum atomic E-state index is 0.461. The number of hydrogen-bond acceptors (Lipinski definition) is 1. The van der Waals surface area contributed by atoms with Gasteiger partial charge in [0.1, 0.15) is 0 Å². The molecule has 1 aliphatic carbocycles. The molecule has 2 atom stereocenters. The monoisotopic (exact) mass is 211 g/mol. The van der Waals surface area contributed by atoms with Crippen LogP contribution in [-0.4, -0.2) is 6.04 Å². The topological polar surface area (TPSA) is 26.0 Å². The highest BCUT2D eigenvalue weighted by molar-refractivity contribution is 4.72. The van der Waals surface area contributed by atoms with E-state index in [2.05, 4.69) is 13.8 Å². The van der Waals surface area contributed by atoms with Crippen molar-refractivity contribution in [2.75, 3.05) is 0 Å². The van der Waals surface area contributed by atoms with Gasteiger partial charge >= 0.3 is 0 Å². The molecule has 2 N–H and O–H groups in total. The van der Waals surface area contributed by atoms with Crippen LogP contribution in [0.5, 0.6) is 0 Å². The molecule has 1 fully saturated rings. The lowest BCUT2D eigenvalue weighted by Crippen LogP contribution is -2.25. The fourth-order valence-corrected chi connectivity index (χ4v) is 2.81. The Hall–Kier alpha value is -0.0400. The molecule has 15 heavy (non-hydrogen) atoms. The Morgan fingerprint density at radius 1 is 1.13 bits per heavy atom. The molecular weight excluding hydrogens is 182 g/mol. The van der Waals surface area contributed by atoms with Crippen LogP contribution < -0.4 is 5.73 Å². The molecular formula is C14H29N. The molecule has 1 saturated carbocycles. The minimum absolute atomic E-state index is 0.461. The summed E-state index contributed by atoms with van der Waals surface area (Å²) in [6.07, 6.45) is 12.5. The average molecular weight is 211 g/mol. The first-order valence-corrected chi connectivity index (χ1v) is 6.98. The van der Waals surface area contributed by atoms with Crippen molar-refractivity contribution in [2.24, 2.45) is 17.6 Å². The Balaban J connectivity index is 2.20. The van der Waals surface area contributed by atoms with Crippen LogP contribution in [0.1, 0.15) is 71.6 Å². The molecule has 1 heteroatoms. The van der Waals surface area contributed by atoms with Crippen LogP contribution in [0.3, 0.4) is 0 Å². The molecule has 1 aliphatic rings. The standard InChI is InChI=1S/C14H29N/c1-3-12(2)10-14(15)11-13-8-6-4-5-7-9-13/h12-14H,3-11,15H2,1-2H3. The van der Waals surface area contributed by atoms with Crippen molar-refractivity contribution in [3.05, 3.63) is 0 Å². The van der Waals surface area contributed by atoms with Gasteiger partial charge in [-0.05, 0) is 24.7 Å². The molecule has 0 amide bonds. The van der Waals surface area contributed by atoms with E-state index in [1.54, 1.807) is 0 Å². The smallest absolute Gasteiger partial charge is 0.00440 e. The highest BCUT2D eigenvalue weighted by atomic mass is 14.6. The number of nitrogens with two attached hydrogens (primary N) is 1. The third kappa shape index (κ3) is 5.55. The van der Waals surface area contributed by atoms with Crippen molar-refractivity contribution in [3.8, 4) is 0 Å². The van der Waals surface area contributed by atoms with Crippen molar-refractivity contribution < 1.29 is 0 Å². The SMILES string of the molecule is CCC(C)CC(N)CC1CCCCCC1. The second kappa shape index (κ2) is 7.27. The van der Waals surface area contributed by atoms with E-state index < -0.39 is 0 Å². The maximum atomic E-state index is 6.23. The Labute approximate surface area is 95.8 Å². The molecule has 0 aromatic carbocycles. The van der Waals surface area contributed by atoms with E-state index in [0.717, 1.165) is 11.8 Å². The molecule has 0 radical (unpaired) electrons. The van der Waals surface area contributed by atoms with Crippen LogP contribution in [0.25, 0.3) is 0 Å². The van der Waals surface area contributed by atoms with E-state index in [-0.39, 0.29) is 0 Å². The van der Waals surface area contributed by atoms with E-state index in [1.807, 2.05) is 0 Å². The highest BCUT2D eigenvalue weighted by Crippen LogP contribution is 2.27. The van der Waals surface area contributed by atoms with Gasteiger partial charge in [0.15, 0.2) is 0 Å². The molecule has 1 rings (SSSR count). The predicted molar refractivity (Wildman–Crippen MR) is 67.9 cm³/mol. The Morgan fingerprint density at radius 3 is 2.27 bits per heavy atom. The van der Waals surface area contributed by atoms with E-state index in [9.17, 15) is 0 Å². The van der Waals surface area contributed by atoms with Crippen LogP contribution >= 0.6 is 0 Å². The summed E-state index contributed by atoms with van der Waals surface area (Å²) < 4.78 is 0. The summed E-state index contributed by atoms with van der Waals surface area (Å²) in [7, 11) is 0. The van der Waals surface area contributed by atoms with Crippen LogP contribution in [-0.2, 0) is 0 Å². The summed E-state index contributed by atoms with van der Waals surface area (Å²) in [5.41, 5.74) is 6.23. The molecule has 90 valence electrons. The van der Waals surface area contributed by atoms with Crippen LogP contribution in [0.15, 0.2) is 0 Å². The zero-order valence-corrected chi connectivity index (χ0v) is 10.7. The van der Waals surface area contributed by atoms with E-state index in [0.29, 0.717) is 6.04 Å². The van der Waals surface area contributed by atoms with Crippen molar-refractivity contribution >= 4 is 0 Å². The third-order valence-electron chi connectivity index (χ3n) is 4.01. The quantitative estimate of drug-likeness (QED) is 0.680. The third-order valence-corrected chi connectivity index (χ3v) is 4.01. The summed E-state index contributed by atoms with van der Waals surface area (Å²) >= 11 is 0. The number of hydrogen-bond donors (Lipinski definition) is 1. The van der Waals surface area contributed by atoms with Gasteiger partial charge in [0.05, 0.1) is 0 Å². The first-order chi connectivity index (χ1) is 7.22. The molecule has 0 spiro atoms. The fraction of sp³-hybridized carbons (Fsp3) is 1.00. The van der Waals surface area contributed by atoms with Crippen molar-refractivity contribution in [2.45, 2.75) is 77.7 Å². The molecule has 0 aromatic rings. The molecule has 0 aliphatic heterocycles. The normalized spacial score (nSPS) is 23.4. The largest absolute Gasteiger partial charge is 0.328 e. The van der Waals surface area contributed by atoms with Crippen LogP contribution in [0.2, 0.25) is 0 Å². The summed E-state index contributed by atoms with van der Waals surface area (Å²) in [4.78, 5) is 0. The number of rotatable bonds is 5. The van der Waals surface area contributed by atoms with Crippen molar-refractivity contribution in [1.29, 1.82) is 0 Å². The first-order valence-electron chi connectivity index (χ1n) is 6.98. The predicted octanol–water partition coefficient (Wildman–Crippen LogP) is 4.11. The lowest BCUT2D eigenvalue weighted by molar-refractivity contribution is 0.347. The molecule has 0 bridgehead atoms. The van der Waals surface area contributed by atoms with Crippen molar-refractivity contribution in [3.63, 3.8) is 0 Å². The summed E-state index contributed by atoms with van der Waals surface area (Å²) in [6.45, 7) is 4.59. The van der Waals surface area contributed by atoms with Gasteiger partial charge in [0.25, 0.3) is 0 Å². The Bertz CT molecular complexity index is 147. The molecule has 1 nitrogen and oxygen atoms in total. The second-order valence-electron chi connectivity index (χ2n) is 5.60. The molecule has 0 saturated heterocycles. The fourth-order valence-electron chi connectivity index (χ4n) is 2.81. The lowest BCUT2D eigenvalue weighted by Gasteiger charge is -2.21. The molecule has 2 unspecified atom stereocenters. The van der Waals surface area contributed by atoms with Gasteiger partial charge in [-0.3, -0.25) is 0 Å². The van der Waals surface area contributed by atoms with Gasteiger partial charge in [-0.15, -0.1) is 0 Å². The average Bonchev–Trinajstić information content (AvgIpc) is 2.46. The van der Waals surface area contributed by atoms with Crippen LogP contribution in [0, 0.1) is 11.8 Å². The maximum absolute atomic E-state index is 6.23. The lowest BCUT2D eigenvalue weighted by atomic mass is 9.88. The molecule has 0 aromatic heterocycles. The van der Waals surface area contributed by atoms with E-state index in [4.69, 9.17) is 5.73 Å². The first kappa shape index (κ1) is 13.0. The van der Waals surface area contributed by atoms with Crippen LogP contribution in [0.4, 0.5) is 0 Å². The van der Waals surface area contributed by atoms with Gasteiger partial charge in [0, 0.05) is 6.04 Å². The van der Waals surface area contributed by atoms with Gasteiger partial charge in [-0.25, -0.2) is 0 Å². The summed E-state index contributed by atoms with van der Waals surface area (Å²) in [6, 6.07) is 0.461. The van der Waals surface area contributed by atoms with Gasteiger partial charge in [-0.1, -0.05) is 58.8 Å². The molecule has 0 heterocycles. The second-order valence-corrected chi connectivity index (χ2v) is 5.60. The van der Waals surface area contributed by atoms with E-state index >= 15 is 0 Å². The van der Waals surface area contributed by atoms with E-state index in [1.165, 1.54) is 57.8 Å². The Kier molecular flexibility index (Phi) is 6.31. The zero-order valence-electron chi connectivity index (χ0n) is 10.7. The van der Waals surface area contributed by atoms with Gasteiger partial charge in [-0.2, -0.15) is 0 Å². The van der Waals surface area contributed by atoms with Crippen molar-refractivity contribution in [1.82, 2.24) is 0 Å². The van der Waals surface area contributed by atoms with Gasteiger partial charge in [0.2, 0.25) is 0 Å². The summed E-state index contributed by atoms with van der Waals surface area (Å²) in [5, 5.41) is 0.